The molecule has 0 spiro atoms. The van der Waals surface area contributed by atoms with Gasteiger partial charge in [0.25, 0.3) is 5.69 Å². The first-order chi connectivity index (χ1) is 9.90. The fourth-order valence-electron chi connectivity index (χ4n) is 2.10. The number of hydrogen-bond acceptors (Lipinski definition) is 5. The molecule has 0 aromatic heterocycles. The third kappa shape index (κ3) is 4.51. The molecule has 0 unspecified atom stereocenters. The van der Waals surface area contributed by atoms with Gasteiger partial charge >= 0.3 is 0 Å². The van der Waals surface area contributed by atoms with Gasteiger partial charge in [0.2, 0.25) is 10.0 Å². The van der Waals surface area contributed by atoms with Crippen molar-refractivity contribution < 1.29 is 13.3 Å². The minimum absolute atomic E-state index is 0. The Labute approximate surface area is 135 Å². The molecule has 122 valence electrons. The van der Waals surface area contributed by atoms with Crippen molar-refractivity contribution in [1.82, 2.24) is 10.0 Å². The lowest BCUT2D eigenvalue weighted by Crippen LogP contribution is -2.29. The van der Waals surface area contributed by atoms with E-state index in [2.05, 4.69) is 10.0 Å². The maximum absolute atomic E-state index is 12.2. The zero-order valence-corrected chi connectivity index (χ0v) is 13.7. The van der Waals surface area contributed by atoms with Crippen LogP contribution < -0.4 is 10.0 Å². The van der Waals surface area contributed by atoms with E-state index >= 15 is 0 Å². The van der Waals surface area contributed by atoms with Crippen LogP contribution >= 0.6 is 12.4 Å². The molecule has 0 saturated heterocycles. The normalized spacial score (nSPS) is 14.9. The molecule has 2 rings (SSSR count). The summed E-state index contributed by atoms with van der Waals surface area (Å²) in [4.78, 5) is 10.3. The molecule has 7 nitrogen and oxygen atoms in total. The standard InChI is InChI=1S/C13H17N3O4S.ClH/c1-10-8-12(2-3-13(10)16(17)18)21(19,20)15-9-11-4-6-14-7-5-11;/h2-4,8,14-15H,5-7,9H2,1H3;1H. The first kappa shape index (κ1) is 18.6. The van der Waals surface area contributed by atoms with E-state index in [-0.39, 0.29) is 29.5 Å². The van der Waals surface area contributed by atoms with Crippen molar-refractivity contribution in [3.8, 4) is 0 Å². The summed E-state index contributed by atoms with van der Waals surface area (Å²) in [5.41, 5.74) is 1.27. The van der Waals surface area contributed by atoms with Crippen molar-refractivity contribution in [2.24, 2.45) is 0 Å². The molecule has 2 N–H and O–H groups in total. The molecule has 1 aromatic carbocycles. The Morgan fingerprint density at radius 3 is 2.68 bits per heavy atom. The van der Waals surface area contributed by atoms with Gasteiger partial charge in [0.15, 0.2) is 0 Å². The SMILES string of the molecule is Cc1cc(S(=O)(=O)NCC2=CCNCC2)ccc1[N+](=O)[O-].Cl. The Bertz CT molecular complexity index is 689. The molecule has 1 aliphatic heterocycles. The summed E-state index contributed by atoms with van der Waals surface area (Å²) in [5.74, 6) is 0. The van der Waals surface area contributed by atoms with Crippen LogP contribution in [0.1, 0.15) is 12.0 Å². The Morgan fingerprint density at radius 1 is 1.41 bits per heavy atom. The van der Waals surface area contributed by atoms with E-state index in [1.54, 1.807) is 0 Å². The fraction of sp³-hybridized carbons (Fsp3) is 0.385. The van der Waals surface area contributed by atoms with Crippen LogP contribution in [0.15, 0.2) is 34.7 Å². The molecular formula is C13H18ClN3O4S. The average Bonchev–Trinajstić information content (AvgIpc) is 2.46. The highest BCUT2D eigenvalue weighted by Crippen LogP contribution is 2.21. The van der Waals surface area contributed by atoms with Crippen LogP contribution in [0.3, 0.4) is 0 Å². The number of sulfonamides is 1. The highest BCUT2D eigenvalue weighted by atomic mass is 35.5. The summed E-state index contributed by atoms with van der Waals surface area (Å²) in [5, 5.41) is 13.9. The summed E-state index contributed by atoms with van der Waals surface area (Å²) in [6.45, 7) is 3.37. The van der Waals surface area contributed by atoms with Crippen molar-refractivity contribution in [3.63, 3.8) is 0 Å². The molecule has 1 heterocycles. The molecule has 1 aliphatic rings. The number of nitro groups is 1. The second kappa shape index (κ2) is 7.68. The third-order valence-electron chi connectivity index (χ3n) is 3.32. The van der Waals surface area contributed by atoms with Crippen LogP contribution in [-0.2, 0) is 10.0 Å². The van der Waals surface area contributed by atoms with Gasteiger partial charge in [-0.05, 0) is 32.0 Å². The first-order valence-corrected chi connectivity index (χ1v) is 8.02. The summed E-state index contributed by atoms with van der Waals surface area (Å²) >= 11 is 0. The van der Waals surface area contributed by atoms with Gasteiger partial charge in [0, 0.05) is 24.7 Å². The Hall–Kier alpha value is -1.48. The first-order valence-electron chi connectivity index (χ1n) is 6.53. The average molecular weight is 348 g/mol. The Kier molecular flexibility index (Phi) is 6.48. The number of nitrogens with one attached hydrogen (secondary N) is 2. The number of halogens is 1. The number of benzene rings is 1. The number of aryl methyl sites for hydroxylation is 1. The maximum atomic E-state index is 12.2. The molecule has 0 fully saturated rings. The van der Waals surface area contributed by atoms with Gasteiger partial charge in [0.05, 0.1) is 9.82 Å². The molecule has 1 aromatic rings. The van der Waals surface area contributed by atoms with Crippen LogP contribution in [0.5, 0.6) is 0 Å². The Morgan fingerprint density at radius 2 is 2.14 bits per heavy atom. The van der Waals surface area contributed by atoms with Crippen molar-refractivity contribution in [2.75, 3.05) is 19.6 Å². The topological polar surface area (TPSA) is 101 Å². The highest BCUT2D eigenvalue weighted by molar-refractivity contribution is 7.89. The second-order valence-corrected chi connectivity index (χ2v) is 6.61. The van der Waals surface area contributed by atoms with E-state index in [9.17, 15) is 18.5 Å². The molecule has 22 heavy (non-hydrogen) atoms. The number of nitrogens with zero attached hydrogens (tertiary/aromatic N) is 1. The fourth-order valence-corrected chi connectivity index (χ4v) is 3.22. The largest absolute Gasteiger partial charge is 0.313 e. The van der Waals surface area contributed by atoms with Gasteiger partial charge in [-0.3, -0.25) is 10.1 Å². The molecule has 0 saturated carbocycles. The quantitative estimate of drug-likeness (QED) is 0.477. The van der Waals surface area contributed by atoms with Gasteiger partial charge in [-0.15, -0.1) is 12.4 Å². The molecule has 0 aliphatic carbocycles. The number of hydrogen-bond donors (Lipinski definition) is 2. The summed E-state index contributed by atoms with van der Waals surface area (Å²) in [6.07, 6.45) is 2.77. The summed E-state index contributed by atoms with van der Waals surface area (Å²) in [6, 6.07) is 3.79. The van der Waals surface area contributed by atoms with Crippen LogP contribution in [0.4, 0.5) is 5.69 Å². The lowest BCUT2D eigenvalue weighted by Gasteiger charge is -2.15. The van der Waals surface area contributed by atoms with E-state index in [1.165, 1.54) is 25.1 Å². The third-order valence-corrected chi connectivity index (χ3v) is 4.72. The smallest absolute Gasteiger partial charge is 0.272 e. The van der Waals surface area contributed by atoms with Gasteiger partial charge in [-0.25, -0.2) is 13.1 Å². The molecule has 0 bridgehead atoms. The zero-order chi connectivity index (χ0) is 15.5. The molecule has 0 amide bonds. The van der Waals surface area contributed by atoms with Gasteiger partial charge in [-0.2, -0.15) is 0 Å². The lowest BCUT2D eigenvalue weighted by molar-refractivity contribution is -0.385. The lowest BCUT2D eigenvalue weighted by atomic mass is 10.1. The van der Waals surface area contributed by atoms with E-state index in [0.717, 1.165) is 25.1 Å². The van der Waals surface area contributed by atoms with Crippen LogP contribution in [0.25, 0.3) is 0 Å². The van der Waals surface area contributed by atoms with Crippen LogP contribution in [0.2, 0.25) is 0 Å². The predicted molar refractivity (Wildman–Crippen MR) is 85.8 cm³/mol. The molecular weight excluding hydrogens is 330 g/mol. The highest BCUT2D eigenvalue weighted by Gasteiger charge is 2.18. The van der Waals surface area contributed by atoms with Gasteiger partial charge < -0.3 is 5.32 Å². The summed E-state index contributed by atoms with van der Waals surface area (Å²) < 4.78 is 26.9. The van der Waals surface area contributed by atoms with Gasteiger partial charge in [0.1, 0.15) is 0 Å². The van der Waals surface area contributed by atoms with E-state index in [1.807, 2.05) is 6.08 Å². The predicted octanol–water partition coefficient (Wildman–Crippen LogP) is 1.52. The van der Waals surface area contributed by atoms with Crippen molar-refractivity contribution in [2.45, 2.75) is 18.2 Å². The second-order valence-electron chi connectivity index (χ2n) is 4.85. The number of nitro benzene ring substituents is 1. The van der Waals surface area contributed by atoms with Gasteiger partial charge in [-0.1, -0.05) is 11.6 Å². The zero-order valence-electron chi connectivity index (χ0n) is 12.0. The van der Waals surface area contributed by atoms with Crippen LogP contribution in [-0.4, -0.2) is 33.0 Å². The van der Waals surface area contributed by atoms with E-state index in [0.29, 0.717) is 5.56 Å². The van der Waals surface area contributed by atoms with Crippen molar-refractivity contribution in [1.29, 1.82) is 0 Å². The number of rotatable bonds is 5. The minimum atomic E-state index is -3.66. The Balaban J connectivity index is 0.00000242. The monoisotopic (exact) mass is 347 g/mol. The van der Waals surface area contributed by atoms with E-state index in [4.69, 9.17) is 0 Å². The van der Waals surface area contributed by atoms with Crippen LogP contribution in [0, 0.1) is 17.0 Å². The van der Waals surface area contributed by atoms with Crippen molar-refractivity contribution in [3.05, 3.63) is 45.5 Å². The van der Waals surface area contributed by atoms with Crippen molar-refractivity contribution >= 4 is 28.1 Å². The van der Waals surface area contributed by atoms with E-state index < -0.39 is 14.9 Å². The minimum Gasteiger partial charge on any atom is -0.313 e. The summed E-state index contributed by atoms with van der Waals surface area (Å²) in [7, 11) is -3.66. The molecule has 9 heteroatoms. The molecule has 0 radical (unpaired) electrons. The maximum Gasteiger partial charge on any atom is 0.272 e. The molecule has 0 atom stereocenters.